The highest BCUT2D eigenvalue weighted by Crippen LogP contribution is 2.43. The number of amides is 1. The first kappa shape index (κ1) is 7.84. The molecule has 13 heavy (non-hydrogen) atoms. The lowest BCUT2D eigenvalue weighted by Crippen LogP contribution is -2.51. The predicted molar refractivity (Wildman–Crippen MR) is 50.2 cm³/mol. The Bertz CT molecular complexity index is 238. The molecule has 0 aromatic heterocycles. The van der Waals surface area contributed by atoms with Crippen molar-refractivity contribution in [1.82, 2.24) is 4.90 Å². The predicted octanol–water partition coefficient (Wildman–Crippen LogP) is 1.80. The Morgan fingerprint density at radius 2 is 2.08 bits per heavy atom. The number of carbonyl (C=O) groups excluding carboxylic acids is 1. The van der Waals surface area contributed by atoms with Gasteiger partial charge in [-0.15, -0.1) is 0 Å². The van der Waals surface area contributed by atoms with Crippen LogP contribution in [0.15, 0.2) is 0 Å². The van der Waals surface area contributed by atoms with E-state index in [4.69, 9.17) is 0 Å². The zero-order valence-corrected chi connectivity index (χ0v) is 8.04. The summed E-state index contributed by atoms with van der Waals surface area (Å²) >= 11 is 0. The van der Waals surface area contributed by atoms with Gasteiger partial charge in [0.15, 0.2) is 0 Å². The first-order chi connectivity index (χ1) is 6.36. The van der Waals surface area contributed by atoms with Crippen molar-refractivity contribution in [2.75, 3.05) is 6.54 Å². The average Bonchev–Trinajstić information content (AvgIpc) is 2.61. The molecule has 0 N–H and O–H groups in total. The molecule has 0 unspecified atom stereocenters. The summed E-state index contributed by atoms with van der Waals surface area (Å²) in [6, 6.07) is 0.639. The van der Waals surface area contributed by atoms with Crippen molar-refractivity contribution < 1.29 is 4.79 Å². The summed E-state index contributed by atoms with van der Waals surface area (Å²) in [5, 5.41) is 0. The van der Waals surface area contributed by atoms with Crippen LogP contribution in [0.1, 0.15) is 38.5 Å². The number of piperidine rings is 2. The van der Waals surface area contributed by atoms with E-state index in [1.165, 1.54) is 38.5 Å². The van der Waals surface area contributed by atoms with Crippen molar-refractivity contribution in [2.45, 2.75) is 44.6 Å². The first-order valence-electron chi connectivity index (χ1n) is 5.67. The molecule has 0 aromatic carbocycles. The maximum atomic E-state index is 11.9. The largest absolute Gasteiger partial charge is 0.339 e. The van der Waals surface area contributed by atoms with Crippen LogP contribution in [0.3, 0.4) is 0 Å². The third-order valence-corrected chi connectivity index (χ3v) is 4.20. The molecule has 72 valence electrons. The van der Waals surface area contributed by atoms with Crippen LogP contribution >= 0.6 is 0 Å². The van der Waals surface area contributed by atoms with Crippen LogP contribution in [0.5, 0.6) is 0 Å². The number of carbonyl (C=O) groups is 1. The molecule has 0 aromatic rings. The molecule has 0 radical (unpaired) electrons. The molecule has 3 rings (SSSR count). The molecule has 3 atom stereocenters. The van der Waals surface area contributed by atoms with Crippen molar-refractivity contribution >= 4 is 5.91 Å². The molecule has 2 aliphatic heterocycles. The smallest absolute Gasteiger partial charge is 0.225 e. The molecule has 2 heterocycles. The van der Waals surface area contributed by atoms with Gasteiger partial charge in [0.2, 0.25) is 5.91 Å². The lowest BCUT2D eigenvalue weighted by atomic mass is 9.84. The van der Waals surface area contributed by atoms with Crippen LogP contribution < -0.4 is 0 Å². The topological polar surface area (TPSA) is 20.3 Å². The molecular weight excluding hydrogens is 162 g/mol. The minimum absolute atomic E-state index is 0.416. The van der Waals surface area contributed by atoms with Gasteiger partial charge in [-0.1, -0.05) is 0 Å². The van der Waals surface area contributed by atoms with Crippen molar-refractivity contribution in [3.63, 3.8) is 0 Å². The van der Waals surface area contributed by atoms with E-state index in [0.717, 1.165) is 12.5 Å². The van der Waals surface area contributed by atoms with E-state index in [1.54, 1.807) is 0 Å². The van der Waals surface area contributed by atoms with Gasteiger partial charge in [0.1, 0.15) is 0 Å². The average molecular weight is 179 g/mol. The quantitative estimate of drug-likeness (QED) is 0.555. The molecule has 0 spiro atoms. The lowest BCUT2D eigenvalue weighted by Gasteiger charge is -2.43. The van der Waals surface area contributed by atoms with E-state index in [1.807, 2.05) is 0 Å². The van der Waals surface area contributed by atoms with E-state index in [9.17, 15) is 4.79 Å². The lowest BCUT2D eigenvalue weighted by molar-refractivity contribution is -0.143. The Hall–Kier alpha value is -0.530. The fourth-order valence-electron chi connectivity index (χ4n) is 3.55. The summed E-state index contributed by atoms with van der Waals surface area (Å²) in [5.41, 5.74) is 0. The van der Waals surface area contributed by atoms with Crippen LogP contribution in [-0.4, -0.2) is 23.4 Å². The summed E-state index contributed by atoms with van der Waals surface area (Å²) < 4.78 is 0. The molecule has 1 saturated carbocycles. The van der Waals surface area contributed by atoms with Gasteiger partial charge in [-0.25, -0.2) is 0 Å². The Kier molecular flexibility index (Phi) is 1.64. The Labute approximate surface area is 79.3 Å². The SMILES string of the molecule is O=C1[C@H]2CC[C@H](C2)[C@H]2CCCCN12. The molecule has 2 nitrogen and oxygen atoms in total. The molecular formula is C11H17NO. The van der Waals surface area contributed by atoms with Crippen LogP contribution in [0.25, 0.3) is 0 Å². The summed E-state index contributed by atoms with van der Waals surface area (Å²) in [5.74, 6) is 1.76. The second-order valence-corrected chi connectivity index (χ2v) is 4.86. The van der Waals surface area contributed by atoms with Crippen molar-refractivity contribution in [1.29, 1.82) is 0 Å². The van der Waals surface area contributed by atoms with Crippen molar-refractivity contribution in [3.05, 3.63) is 0 Å². The van der Waals surface area contributed by atoms with E-state index in [2.05, 4.69) is 4.90 Å². The maximum Gasteiger partial charge on any atom is 0.225 e. The minimum Gasteiger partial charge on any atom is -0.339 e. The second-order valence-electron chi connectivity index (χ2n) is 4.86. The van der Waals surface area contributed by atoms with Crippen molar-refractivity contribution in [3.8, 4) is 0 Å². The van der Waals surface area contributed by atoms with E-state index >= 15 is 0 Å². The third-order valence-electron chi connectivity index (χ3n) is 4.20. The van der Waals surface area contributed by atoms with E-state index < -0.39 is 0 Å². The zero-order chi connectivity index (χ0) is 8.84. The molecule has 1 amide bonds. The summed E-state index contributed by atoms with van der Waals surface area (Å²) in [7, 11) is 0. The first-order valence-corrected chi connectivity index (χ1v) is 5.67. The molecule has 3 fully saturated rings. The van der Waals surface area contributed by atoms with Gasteiger partial charge in [0, 0.05) is 18.5 Å². The highest BCUT2D eigenvalue weighted by molar-refractivity contribution is 5.80. The monoisotopic (exact) mass is 179 g/mol. The number of rotatable bonds is 0. The Balaban J connectivity index is 1.89. The van der Waals surface area contributed by atoms with Crippen LogP contribution in [0.4, 0.5) is 0 Å². The summed E-state index contributed by atoms with van der Waals surface area (Å²) in [6.07, 6.45) is 7.56. The summed E-state index contributed by atoms with van der Waals surface area (Å²) in [6.45, 7) is 1.05. The van der Waals surface area contributed by atoms with Gasteiger partial charge in [-0.2, -0.15) is 0 Å². The number of fused-ring (bicyclic) bond motifs is 4. The molecule has 2 heteroatoms. The van der Waals surface area contributed by atoms with Gasteiger partial charge in [-0.05, 0) is 44.4 Å². The zero-order valence-electron chi connectivity index (χ0n) is 8.04. The van der Waals surface area contributed by atoms with E-state index in [-0.39, 0.29) is 0 Å². The standard InChI is InChI=1S/C11H17NO/c13-11-9-5-4-8(7-9)10-3-1-2-6-12(10)11/h8-10H,1-7H2/t8-,9+,10-/m1/s1. The molecule has 3 aliphatic rings. The number of hydrogen-bond acceptors (Lipinski definition) is 1. The third kappa shape index (κ3) is 1.04. The Morgan fingerprint density at radius 1 is 1.15 bits per heavy atom. The van der Waals surface area contributed by atoms with Gasteiger partial charge in [0.25, 0.3) is 0 Å². The highest BCUT2D eigenvalue weighted by Gasteiger charge is 2.45. The number of nitrogens with zero attached hydrogens (tertiary/aromatic N) is 1. The van der Waals surface area contributed by atoms with Gasteiger partial charge in [-0.3, -0.25) is 4.79 Å². The number of hydrogen-bond donors (Lipinski definition) is 0. The molecule has 2 saturated heterocycles. The van der Waals surface area contributed by atoms with Crippen LogP contribution in [-0.2, 0) is 4.79 Å². The maximum absolute atomic E-state index is 11.9. The second kappa shape index (κ2) is 2.73. The van der Waals surface area contributed by atoms with E-state index in [0.29, 0.717) is 17.9 Å². The highest BCUT2D eigenvalue weighted by atomic mass is 16.2. The van der Waals surface area contributed by atoms with Gasteiger partial charge in [0.05, 0.1) is 0 Å². The molecule has 2 bridgehead atoms. The van der Waals surface area contributed by atoms with Crippen LogP contribution in [0, 0.1) is 11.8 Å². The molecule has 1 aliphatic carbocycles. The van der Waals surface area contributed by atoms with Gasteiger partial charge >= 0.3 is 0 Å². The fourth-order valence-corrected chi connectivity index (χ4v) is 3.55. The van der Waals surface area contributed by atoms with Crippen molar-refractivity contribution in [2.24, 2.45) is 11.8 Å². The van der Waals surface area contributed by atoms with Gasteiger partial charge < -0.3 is 4.90 Å². The van der Waals surface area contributed by atoms with Crippen LogP contribution in [0.2, 0.25) is 0 Å². The minimum atomic E-state index is 0.416. The normalized spacial score (nSPS) is 43.5. The Morgan fingerprint density at radius 3 is 3.00 bits per heavy atom. The fraction of sp³-hybridized carbons (Fsp3) is 0.909. The summed E-state index contributed by atoms with van der Waals surface area (Å²) in [4.78, 5) is 14.1.